The van der Waals surface area contributed by atoms with Gasteiger partial charge in [-0.05, 0) is 0 Å². The van der Waals surface area contributed by atoms with Gasteiger partial charge in [0, 0.05) is 25.3 Å². The molecule has 5 nitrogen and oxygen atoms in total. The van der Waals surface area contributed by atoms with Crippen LogP contribution in [-0.2, 0) is 9.47 Å². The molecule has 0 aromatic heterocycles. The quantitative estimate of drug-likeness (QED) is 0.630. The van der Waals surface area contributed by atoms with Gasteiger partial charge in [-0.2, -0.15) is 0 Å². The number of benzene rings is 1. The Bertz CT molecular complexity index is 318. The lowest BCUT2D eigenvalue weighted by atomic mass is 10.3. The molecule has 0 bridgehead atoms. The lowest BCUT2D eigenvalue weighted by Crippen LogP contribution is -2.10. The molecule has 1 aromatic rings. The highest BCUT2D eigenvalue weighted by Crippen LogP contribution is 2.27. The summed E-state index contributed by atoms with van der Waals surface area (Å²) in [6.45, 7) is 2.15. The van der Waals surface area contributed by atoms with Gasteiger partial charge in [-0.1, -0.05) is 0 Å². The van der Waals surface area contributed by atoms with Gasteiger partial charge in [-0.3, -0.25) is 0 Å². The molecule has 0 atom stereocenters. The van der Waals surface area contributed by atoms with Gasteiger partial charge in [0.1, 0.15) is 23.9 Å². The van der Waals surface area contributed by atoms with Crippen molar-refractivity contribution >= 4 is 0 Å². The maximum absolute atomic E-state index is 5.55. The first-order chi connectivity index (χ1) is 8.80. The molecule has 18 heavy (non-hydrogen) atoms. The van der Waals surface area contributed by atoms with Crippen molar-refractivity contribution in [2.24, 2.45) is 0 Å². The van der Waals surface area contributed by atoms with E-state index in [9.17, 15) is 0 Å². The topological polar surface area (TPSA) is 46.2 Å². The van der Waals surface area contributed by atoms with E-state index < -0.39 is 0 Å². The molecular formula is C13H20O5. The Balaban J connectivity index is 2.36. The van der Waals surface area contributed by atoms with Crippen LogP contribution < -0.4 is 14.2 Å². The summed E-state index contributed by atoms with van der Waals surface area (Å²) in [5, 5.41) is 0. The maximum Gasteiger partial charge on any atom is 0.126 e. The third-order valence-electron chi connectivity index (χ3n) is 2.25. The van der Waals surface area contributed by atoms with Gasteiger partial charge in [-0.15, -0.1) is 0 Å². The van der Waals surface area contributed by atoms with E-state index in [0.29, 0.717) is 43.7 Å². The van der Waals surface area contributed by atoms with Crippen molar-refractivity contribution in [3.05, 3.63) is 18.2 Å². The van der Waals surface area contributed by atoms with E-state index in [-0.39, 0.29) is 0 Å². The second-order valence-electron chi connectivity index (χ2n) is 3.50. The molecule has 0 N–H and O–H groups in total. The molecule has 0 heterocycles. The van der Waals surface area contributed by atoms with E-state index in [0.717, 1.165) is 0 Å². The van der Waals surface area contributed by atoms with Crippen LogP contribution in [0.5, 0.6) is 17.2 Å². The second kappa shape index (κ2) is 8.60. The highest BCUT2D eigenvalue weighted by Gasteiger charge is 2.02. The summed E-state index contributed by atoms with van der Waals surface area (Å²) >= 11 is 0. The first-order valence-electron chi connectivity index (χ1n) is 5.72. The molecule has 0 saturated carbocycles. The fourth-order valence-corrected chi connectivity index (χ4v) is 1.33. The fraction of sp³-hybridized carbons (Fsp3) is 0.538. The molecule has 0 saturated heterocycles. The van der Waals surface area contributed by atoms with E-state index in [4.69, 9.17) is 23.7 Å². The largest absolute Gasteiger partial charge is 0.496 e. The molecule has 0 aliphatic heterocycles. The second-order valence-corrected chi connectivity index (χ2v) is 3.50. The predicted molar refractivity (Wildman–Crippen MR) is 67.7 cm³/mol. The van der Waals surface area contributed by atoms with Crippen molar-refractivity contribution in [2.45, 2.75) is 0 Å². The Kier molecular flexibility index (Phi) is 6.98. The average Bonchev–Trinajstić information content (AvgIpc) is 2.42. The molecule has 102 valence electrons. The molecule has 0 amide bonds. The van der Waals surface area contributed by atoms with Crippen molar-refractivity contribution in [3.8, 4) is 17.2 Å². The number of hydrogen-bond donors (Lipinski definition) is 0. The Hall–Kier alpha value is -1.46. The number of methoxy groups -OCH3 is 3. The summed E-state index contributed by atoms with van der Waals surface area (Å²) < 4.78 is 26.0. The van der Waals surface area contributed by atoms with Gasteiger partial charge in [0.25, 0.3) is 0 Å². The minimum Gasteiger partial charge on any atom is -0.496 e. The molecule has 0 unspecified atom stereocenters. The highest BCUT2D eigenvalue weighted by molar-refractivity contribution is 5.41. The molecule has 1 aromatic carbocycles. The van der Waals surface area contributed by atoms with E-state index >= 15 is 0 Å². The zero-order valence-electron chi connectivity index (χ0n) is 11.1. The fourth-order valence-electron chi connectivity index (χ4n) is 1.33. The molecular weight excluding hydrogens is 236 g/mol. The highest BCUT2D eigenvalue weighted by atomic mass is 16.5. The van der Waals surface area contributed by atoms with Crippen LogP contribution >= 0.6 is 0 Å². The minimum absolute atomic E-state index is 0.472. The molecule has 0 spiro atoms. The monoisotopic (exact) mass is 256 g/mol. The molecule has 0 aliphatic rings. The zero-order chi connectivity index (χ0) is 13.2. The van der Waals surface area contributed by atoms with Crippen LogP contribution in [0.15, 0.2) is 18.2 Å². The predicted octanol–water partition coefficient (Wildman–Crippen LogP) is 1.75. The van der Waals surface area contributed by atoms with E-state index in [2.05, 4.69) is 0 Å². The number of ether oxygens (including phenoxy) is 5. The van der Waals surface area contributed by atoms with Gasteiger partial charge < -0.3 is 23.7 Å². The van der Waals surface area contributed by atoms with Crippen LogP contribution in [0.2, 0.25) is 0 Å². The molecule has 5 heteroatoms. The van der Waals surface area contributed by atoms with Gasteiger partial charge >= 0.3 is 0 Å². The summed E-state index contributed by atoms with van der Waals surface area (Å²) in [7, 11) is 4.85. The summed E-state index contributed by atoms with van der Waals surface area (Å²) in [6.07, 6.45) is 0. The zero-order valence-corrected chi connectivity index (χ0v) is 11.1. The van der Waals surface area contributed by atoms with Crippen LogP contribution in [0.25, 0.3) is 0 Å². The number of rotatable bonds is 9. The minimum atomic E-state index is 0.472. The first kappa shape index (κ1) is 14.6. The smallest absolute Gasteiger partial charge is 0.126 e. The van der Waals surface area contributed by atoms with Crippen molar-refractivity contribution in [1.82, 2.24) is 0 Å². The van der Waals surface area contributed by atoms with Crippen molar-refractivity contribution in [1.29, 1.82) is 0 Å². The van der Waals surface area contributed by atoms with Crippen LogP contribution in [0, 0.1) is 0 Å². The summed E-state index contributed by atoms with van der Waals surface area (Å²) in [4.78, 5) is 0. The lowest BCUT2D eigenvalue weighted by Gasteiger charge is -2.10. The van der Waals surface area contributed by atoms with Crippen molar-refractivity contribution in [3.63, 3.8) is 0 Å². The molecule has 0 fully saturated rings. The van der Waals surface area contributed by atoms with Gasteiger partial charge in [0.05, 0.1) is 34.0 Å². The van der Waals surface area contributed by atoms with E-state index in [1.807, 2.05) is 0 Å². The standard InChI is InChI=1S/C13H20O5/c1-14-4-5-17-6-7-18-13-9-11(15-2)8-12(10-13)16-3/h8-10H,4-7H2,1-3H3. The van der Waals surface area contributed by atoms with Crippen molar-refractivity contribution in [2.75, 3.05) is 47.8 Å². The Morgan fingerprint density at radius 1 is 0.722 bits per heavy atom. The lowest BCUT2D eigenvalue weighted by molar-refractivity contribution is 0.0543. The Morgan fingerprint density at radius 3 is 1.83 bits per heavy atom. The summed E-state index contributed by atoms with van der Waals surface area (Å²) in [6, 6.07) is 5.40. The summed E-state index contributed by atoms with van der Waals surface area (Å²) in [5.41, 5.74) is 0. The summed E-state index contributed by atoms with van der Waals surface area (Å²) in [5.74, 6) is 2.09. The van der Waals surface area contributed by atoms with Gasteiger partial charge in [-0.25, -0.2) is 0 Å². The average molecular weight is 256 g/mol. The normalized spacial score (nSPS) is 10.2. The third kappa shape index (κ3) is 5.25. The van der Waals surface area contributed by atoms with E-state index in [1.165, 1.54) is 0 Å². The third-order valence-corrected chi connectivity index (χ3v) is 2.25. The van der Waals surface area contributed by atoms with Crippen LogP contribution in [0.3, 0.4) is 0 Å². The SMILES string of the molecule is COCCOCCOc1cc(OC)cc(OC)c1. The van der Waals surface area contributed by atoms with E-state index in [1.54, 1.807) is 39.5 Å². The van der Waals surface area contributed by atoms with Crippen LogP contribution in [0.4, 0.5) is 0 Å². The maximum atomic E-state index is 5.55. The van der Waals surface area contributed by atoms with Gasteiger partial charge in [0.2, 0.25) is 0 Å². The Labute approximate surface area is 108 Å². The number of hydrogen-bond acceptors (Lipinski definition) is 5. The Morgan fingerprint density at radius 2 is 1.28 bits per heavy atom. The first-order valence-corrected chi connectivity index (χ1v) is 5.72. The van der Waals surface area contributed by atoms with Crippen LogP contribution in [-0.4, -0.2) is 47.8 Å². The van der Waals surface area contributed by atoms with Crippen molar-refractivity contribution < 1.29 is 23.7 Å². The molecule has 1 rings (SSSR count). The molecule has 0 aliphatic carbocycles. The van der Waals surface area contributed by atoms with Crippen LogP contribution in [0.1, 0.15) is 0 Å². The molecule has 0 radical (unpaired) electrons. The van der Waals surface area contributed by atoms with Gasteiger partial charge in [0.15, 0.2) is 0 Å².